The Morgan fingerprint density at radius 3 is 2.88 bits per heavy atom. The summed E-state index contributed by atoms with van der Waals surface area (Å²) in [5.74, 6) is 5.99. The highest BCUT2D eigenvalue weighted by Gasteiger charge is 2.03. The van der Waals surface area contributed by atoms with E-state index in [2.05, 4.69) is 34.8 Å². The van der Waals surface area contributed by atoms with Gasteiger partial charge >= 0.3 is 0 Å². The van der Waals surface area contributed by atoms with Gasteiger partial charge in [-0.15, -0.1) is 11.3 Å². The van der Waals surface area contributed by atoms with Crippen LogP contribution in [0.15, 0.2) is 17.1 Å². The number of rotatable bonds is 5. The molecular weight excluding hydrogens is 236 g/mol. The molecule has 0 radical (unpaired) electrons. The van der Waals surface area contributed by atoms with Crippen molar-refractivity contribution in [1.29, 1.82) is 0 Å². The summed E-state index contributed by atoms with van der Waals surface area (Å²) in [4.78, 5) is 6.88. The second-order valence-electron chi connectivity index (χ2n) is 3.82. The SMILES string of the molecule is COCC(C)NC(=NCc1ccc(C)s1)NN. The molecule has 1 aromatic heterocycles. The molecule has 0 aliphatic heterocycles. The van der Waals surface area contributed by atoms with Gasteiger partial charge in [0.1, 0.15) is 0 Å². The molecule has 0 saturated carbocycles. The van der Waals surface area contributed by atoms with E-state index in [-0.39, 0.29) is 6.04 Å². The van der Waals surface area contributed by atoms with E-state index in [0.717, 1.165) is 0 Å². The number of nitrogens with two attached hydrogens (primary N) is 1. The van der Waals surface area contributed by atoms with Crippen LogP contribution in [0, 0.1) is 6.92 Å². The van der Waals surface area contributed by atoms with Crippen molar-refractivity contribution >= 4 is 17.3 Å². The van der Waals surface area contributed by atoms with Crippen molar-refractivity contribution in [3.05, 3.63) is 21.9 Å². The first-order chi connectivity index (χ1) is 8.15. The van der Waals surface area contributed by atoms with Gasteiger partial charge in [0.15, 0.2) is 0 Å². The molecule has 6 heteroatoms. The van der Waals surface area contributed by atoms with Crippen LogP contribution in [0.1, 0.15) is 16.7 Å². The van der Waals surface area contributed by atoms with Crippen LogP contribution < -0.4 is 16.6 Å². The summed E-state index contributed by atoms with van der Waals surface area (Å²) in [6, 6.07) is 4.34. The Morgan fingerprint density at radius 2 is 2.35 bits per heavy atom. The second-order valence-corrected chi connectivity index (χ2v) is 5.19. The van der Waals surface area contributed by atoms with E-state index in [9.17, 15) is 0 Å². The van der Waals surface area contributed by atoms with Crippen LogP contribution in [0.5, 0.6) is 0 Å². The maximum atomic E-state index is 5.41. The van der Waals surface area contributed by atoms with E-state index < -0.39 is 0 Å². The number of hydrogen-bond donors (Lipinski definition) is 3. The number of thiophene rings is 1. The summed E-state index contributed by atoms with van der Waals surface area (Å²) < 4.78 is 5.03. The van der Waals surface area contributed by atoms with Crippen LogP contribution in [0.3, 0.4) is 0 Å². The predicted molar refractivity (Wildman–Crippen MR) is 72.0 cm³/mol. The first-order valence-electron chi connectivity index (χ1n) is 5.47. The number of aryl methyl sites for hydroxylation is 1. The van der Waals surface area contributed by atoms with Crippen molar-refractivity contribution in [3.63, 3.8) is 0 Å². The van der Waals surface area contributed by atoms with E-state index in [4.69, 9.17) is 10.6 Å². The molecule has 4 N–H and O–H groups in total. The average Bonchev–Trinajstić information content (AvgIpc) is 2.70. The summed E-state index contributed by atoms with van der Waals surface area (Å²) in [6.45, 7) is 5.33. The quantitative estimate of drug-likeness (QED) is 0.318. The molecule has 1 unspecified atom stereocenters. The Labute approximate surface area is 106 Å². The third kappa shape index (κ3) is 5.16. The highest BCUT2D eigenvalue weighted by molar-refractivity contribution is 7.11. The van der Waals surface area contributed by atoms with Crippen LogP contribution in [0.4, 0.5) is 0 Å². The molecule has 1 atom stereocenters. The number of aliphatic imine (C=N–C) groups is 1. The predicted octanol–water partition coefficient (Wildman–Crippen LogP) is 1.00. The molecule has 1 aromatic rings. The van der Waals surface area contributed by atoms with Gasteiger partial charge < -0.3 is 10.1 Å². The highest BCUT2D eigenvalue weighted by atomic mass is 32.1. The van der Waals surface area contributed by atoms with E-state index in [0.29, 0.717) is 19.1 Å². The van der Waals surface area contributed by atoms with Gasteiger partial charge in [-0.05, 0) is 26.0 Å². The number of nitrogens with one attached hydrogen (secondary N) is 2. The van der Waals surface area contributed by atoms with Crippen LogP contribution in [-0.2, 0) is 11.3 Å². The van der Waals surface area contributed by atoms with Gasteiger partial charge in [0.25, 0.3) is 0 Å². The van der Waals surface area contributed by atoms with Gasteiger partial charge in [-0.2, -0.15) is 0 Å². The Hall–Kier alpha value is -1.11. The zero-order valence-corrected chi connectivity index (χ0v) is 11.3. The number of hydrazine groups is 1. The third-order valence-corrected chi connectivity index (χ3v) is 3.11. The van der Waals surface area contributed by atoms with Gasteiger partial charge in [-0.1, -0.05) is 0 Å². The second kappa shape index (κ2) is 7.26. The van der Waals surface area contributed by atoms with Crippen molar-refractivity contribution in [2.45, 2.75) is 26.4 Å². The van der Waals surface area contributed by atoms with Crippen LogP contribution in [-0.4, -0.2) is 25.7 Å². The minimum Gasteiger partial charge on any atom is -0.383 e. The fourth-order valence-corrected chi connectivity index (χ4v) is 2.20. The summed E-state index contributed by atoms with van der Waals surface area (Å²) in [7, 11) is 1.67. The zero-order valence-electron chi connectivity index (χ0n) is 10.5. The highest BCUT2D eigenvalue weighted by Crippen LogP contribution is 2.15. The van der Waals surface area contributed by atoms with Crippen molar-refractivity contribution in [1.82, 2.24) is 10.7 Å². The summed E-state index contributed by atoms with van der Waals surface area (Å²) in [5, 5.41) is 3.14. The number of ether oxygens (including phenoxy) is 1. The first kappa shape index (κ1) is 14.0. The molecule has 0 spiro atoms. The maximum Gasteiger partial charge on any atom is 0.206 e. The van der Waals surface area contributed by atoms with Crippen LogP contribution in [0.25, 0.3) is 0 Å². The maximum absolute atomic E-state index is 5.41. The number of nitrogens with zero attached hydrogens (tertiary/aromatic N) is 1. The van der Waals surface area contributed by atoms with Crippen molar-refractivity contribution in [2.24, 2.45) is 10.8 Å². The topological polar surface area (TPSA) is 71.7 Å². The van der Waals surface area contributed by atoms with Crippen molar-refractivity contribution in [2.75, 3.05) is 13.7 Å². The minimum atomic E-state index is 0.167. The third-order valence-electron chi connectivity index (χ3n) is 2.13. The Morgan fingerprint density at radius 1 is 1.59 bits per heavy atom. The van der Waals surface area contributed by atoms with E-state index in [1.165, 1.54) is 9.75 Å². The van der Waals surface area contributed by atoms with E-state index in [1.54, 1.807) is 18.4 Å². The molecule has 0 aromatic carbocycles. The Bertz CT molecular complexity index is 364. The largest absolute Gasteiger partial charge is 0.383 e. The van der Waals surface area contributed by atoms with E-state index in [1.807, 2.05) is 6.92 Å². The molecule has 0 bridgehead atoms. The van der Waals surface area contributed by atoms with Gasteiger partial charge in [0, 0.05) is 22.9 Å². The Kier molecular flexibility index (Phi) is 5.96. The minimum absolute atomic E-state index is 0.167. The fourth-order valence-electron chi connectivity index (χ4n) is 1.39. The molecule has 1 heterocycles. The lowest BCUT2D eigenvalue weighted by Crippen LogP contribution is -2.46. The molecule has 1 rings (SSSR count). The molecule has 96 valence electrons. The van der Waals surface area contributed by atoms with Gasteiger partial charge in [-0.3, -0.25) is 5.43 Å². The summed E-state index contributed by atoms with van der Waals surface area (Å²) >= 11 is 1.74. The number of guanidine groups is 1. The lowest BCUT2D eigenvalue weighted by molar-refractivity contribution is 0.179. The first-order valence-corrected chi connectivity index (χ1v) is 6.29. The van der Waals surface area contributed by atoms with Crippen LogP contribution >= 0.6 is 11.3 Å². The normalized spacial score (nSPS) is 13.5. The molecule has 17 heavy (non-hydrogen) atoms. The zero-order chi connectivity index (χ0) is 12.7. The number of methoxy groups -OCH3 is 1. The molecule has 0 aliphatic carbocycles. The van der Waals surface area contributed by atoms with Crippen LogP contribution in [0.2, 0.25) is 0 Å². The standard InChI is InChI=1S/C11H20N4OS/c1-8(7-16-3)14-11(15-12)13-6-10-5-4-9(2)17-10/h4-5,8H,6-7,12H2,1-3H3,(H2,13,14,15). The molecule has 5 nitrogen and oxygen atoms in total. The lowest BCUT2D eigenvalue weighted by atomic mass is 10.4. The summed E-state index contributed by atoms with van der Waals surface area (Å²) in [6.07, 6.45) is 0. The number of hydrogen-bond acceptors (Lipinski definition) is 4. The van der Waals surface area contributed by atoms with Gasteiger partial charge in [-0.25, -0.2) is 10.8 Å². The Balaban J connectivity index is 2.49. The van der Waals surface area contributed by atoms with E-state index >= 15 is 0 Å². The monoisotopic (exact) mass is 256 g/mol. The summed E-state index contributed by atoms with van der Waals surface area (Å²) in [5.41, 5.74) is 2.56. The fraction of sp³-hybridized carbons (Fsp3) is 0.545. The molecule has 0 amide bonds. The molecule has 0 fully saturated rings. The van der Waals surface area contributed by atoms with Gasteiger partial charge in [0.2, 0.25) is 5.96 Å². The lowest BCUT2D eigenvalue weighted by Gasteiger charge is -2.15. The average molecular weight is 256 g/mol. The van der Waals surface area contributed by atoms with Gasteiger partial charge in [0.05, 0.1) is 13.2 Å². The molecule has 0 saturated heterocycles. The molecular formula is C11H20N4OS. The van der Waals surface area contributed by atoms with Crippen molar-refractivity contribution in [3.8, 4) is 0 Å². The smallest absolute Gasteiger partial charge is 0.206 e. The van der Waals surface area contributed by atoms with Crippen molar-refractivity contribution < 1.29 is 4.74 Å². The molecule has 0 aliphatic rings.